The summed E-state index contributed by atoms with van der Waals surface area (Å²) < 4.78 is 0. The molecule has 0 aliphatic carbocycles. The smallest absolute Gasteiger partial charge is 0.180 e. The van der Waals surface area contributed by atoms with Crippen LogP contribution in [0.25, 0.3) is 0 Å². The molecule has 0 aromatic carbocycles. The van der Waals surface area contributed by atoms with Crippen molar-refractivity contribution in [2.75, 3.05) is 18.8 Å². The van der Waals surface area contributed by atoms with Crippen LogP contribution >= 0.6 is 11.3 Å². The first kappa shape index (κ1) is 11.7. The summed E-state index contributed by atoms with van der Waals surface area (Å²) >= 11 is 1.59. The van der Waals surface area contributed by atoms with Crippen LogP contribution in [0.3, 0.4) is 0 Å². The van der Waals surface area contributed by atoms with E-state index in [1.54, 1.807) is 11.3 Å². The maximum Gasteiger partial charge on any atom is 0.180 e. The maximum absolute atomic E-state index is 5.65. The lowest BCUT2D eigenvalue weighted by molar-refractivity contribution is 0.206. The van der Waals surface area contributed by atoms with E-state index in [0.29, 0.717) is 11.0 Å². The van der Waals surface area contributed by atoms with Crippen molar-refractivity contribution in [3.63, 3.8) is 0 Å². The van der Waals surface area contributed by atoms with Crippen molar-refractivity contribution in [1.82, 2.24) is 20.1 Å². The van der Waals surface area contributed by atoms with Crippen LogP contribution in [-0.2, 0) is 6.54 Å². The van der Waals surface area contributed by atoms with Gasteiger partial charge in [-0.1, -0.05) is 0 Å². The van der Waals surface area contributed by atoms with Crippen LogP contribution in [0.5, 0.6) is 0 Å². The van der Waals surface area contributed by atoms with E-state index < -0.39 is 0 Å². The predicted octanol–water partition coefficient (Wildman–Crippen LogP) is 1.83. The summed E-state index contributed by atoms with van der Waals surface area (Å²) in [4.78, 5) is 7.83. The third kappa shape index (κ3) is 2.54. The molecule has 3 N–H and O–H groups in total. The number of nitrogens with one attached hydrogen (secondary N) is 1. The highest BCUT2D eigenvalue weighted by atomic mass is 32.1. The van der Waals surface area contributed by atoms with Crippen LogP contribution in [0.1, 0.15) is 29.2 Å². The number of anilines is 1. The summed E-state index contributed by atoms with van der Waals surface area (Å²) in [6.45, 7) is 3.24. The van der Waals surface area contributed by atoms with Crippen LogP contribution in [0.2, 0.25) is 0 Å². The number of H-pyrrole nitrogens is 1. The van der Waals surface area contributed by atoms with Gasteiger partial charge in [0.2, 0.25) is 0 Å². The lowest BCUT2D eigenvalue weighted by Crippen LogP contribution is -2.32. The Hall–Kier alpha value is -1.40. The van der Waals surface area contributed by atoms with E-state index in [4.69, 9.17) is 5.73 Å². The number of rotatable bonds is 3. The molecule has 18 heavy (non-hydrogen) atoms. The Morgan fingerprint density at radius 3 is 2.83 bits per heavy atom. The number of aromatic amines is 1. The Morgan fingerprint density at radius 1 is 1.39 bits per heavy atom. The minimum absolute atomic E-state index is 0.659. The normalized spacial score (nSPS) is 18.2. The summed E-state index contributed by atoms with van der Waals surface area (Å²) in [6, 6.07) is 0. The van der Waals surface area contributed by atoms with Crippen LogP contribution in [0.15, 0.2) is 18.6 Å². The Kier molecular flexibility index (Phi) is 3.29. The minimum atomic E-state index is 0.659. The van der Waals surface area contributed by atoms with Gasteiger partial charge in [0.15, 0.2) is 5.13 Å². The zero-order valence-corrected chi connectivity index (χ0v) is 11.0. The van der Waals surface area contributed by atoms with Crippen LogP contribution < -0.4 is 5.73 Å². The first-order valence-electron chi connectivity index (χ1n) is 6.22. The molecule has 0 saturated carbocycles. The van der Waals surface area contributed by atoms with Gasteiger partial charge in [-0.2, -0.15) is 5.10 Å². The third-order valence-electron chi connectivity index (χ3n) is 3.53. The maximum atomic E-state index is 5.65. The van der Waals surface area contributed by atoms with Crippen molar-refractivity contribution in [3.8, 4) is 0 Å². The van der Waals surface area contributed by atoms with Crippen molar-refractivity contribution in [2.24, 2.45) is 0 Å². The number of aromatic nitrogens is 3. The molecular formula is C12H17N5S. The van der Waals surface area contributed by atoms with Crippen molar-refractivity contribution in [3.05, 3.63) is 29.0 Å². The monoisotopic (exact) mass is 263 g/mol. The van der Waals surface area contributed by atoms with Gasteiger partial charge in [0, 0.05) is 23.8 Å². The third-order valence-corrected chi connectivity index (χ3v) is 4.34. The standard InChI is InChI=1S/C12H17N5S/c13-12-14-7-11(18-12)8-17-3-1-9(2-4-17)10-5-15-16-6-10/h5-7,9H,1-4,8H2,(H2,13,14)(H,15,16). The molecular weight excluding hydrogens is 246 g/mol. The average Bonchev–Trinajstić information content (AvgIpc) is 3.02. The SMILES string of the molecule is Nc1ncc(CN2CCC(c3cn[nH]c3)CC2)s1. The molecule has 0 spiro atoms. The Balaban J connectivity index is 1.54. The number of nitrogens with two attached hydrogens (primary N) is 1. The first-order valence-corrected chi connectivity index (χ1v) is 7.04. The Morgan fingerprint density at radius 2 is 2.22 bits per heavy atom. The average molecular weight is 263 g/mol. The zero-order chi connectivity index (χ0) is 12.4. The predicted molar refractivity (Wildman–Crippen MR) is 72.4 cm³/mol. The van der Waals surface area contributed by atoms with Crippen LogP contribution in [0.4, 0.5) is 5.13 Å². The van der Waals surface area contributed by atoms with Crippen molar-refractivity contribution in [2.45, 2.75) is 25.3 Å². The van der Waals surface area contributed by atoms with E-state index in [-0.39, 0.29) is 0 Å². The number of piperidine rings is 1. The highest BCUT2D eigenvalue weighted by Crippen LogP contribution is 2.28. The second-order valence-electron chi connectivity index (χ2n) is 4.75. The van der Waals surface area contributed by atoms with Gasteiger partial charge in [0.25, 0.3) is 0 Å². The van der Waals surface area contributed by atoms with E-state index in [2.05, 4.69) is 20.1 Å². The van der Waals surface area contributed by atoms with E-state index >= 15 is 0 Å². The lowest BCUT2D eigenvalue weighted by Gasteiger charge is -2.31. The molecule has 6 heteroatoms. The van der Waals surface area contributed by atoms with Crippen molar-refractivity contribution < 1.29 is 0 Å². The number of nitrogen functional groups attached to an aromatic ring is 1. The largest absolute Gasteiger partial charge is 0.375 e. The Bertz CT molecular complexity index is 484. The van der Waals surface area contributed by atoms with E-state index in [1.165, 1.54) is 23.3 Å². The Labute approximate surface area is 110 Å². The van der Waals surface area contributed by atoms with Gasteiger partial charge >= 0.3 is 0 Å². The summed E-state index contributed by atoms with van der Waals surface area (Å²) in [6.07, 6.45) is 8.26. The number of thiazole rings is 1. The molecule has 3 heterocycles. The number of likely N-dealkylation sites (tertiary alicyclic amines) is 1. The van der Waals surface area contributed by atoms with E-state index in [9.17, 15) is 0 Å². The van der Waals surface area contributed by atoms with Gasteiger partial charge in [-0.3, -0.25) is 10.00 Å². The second-order valence-corrected chi connectivity index (χ2v) is 5.89. The topological polar surface area (TPSA) is 70.8 Å². The molecule has 3 rings (SSSR count). The molecule has 5 nitrogen and oxygen atoms in total. The lowest BCUT2D eigenvalue weighted by atomic mass is 9.91. The molecule has 1 aliphatic heterocycles. The van der Waals surface area contributed by atoms with Crippen LogP contribution in [-0.4, -0.2) is 33.2 Å². The molecule has 0 unspecified atom stereocenters. The summed E-state index contributed by atoms with van der Waals surface area (Å²) in [7, 11) is 0. The molecule has 96 valence electrons. The van der Waals surface area contributed by atoms with Crippen molar-refractivity contribution >= 4 is 16.5 Å². The quantitative estimate of drug-likeness (QED) is 0.886. The fraction of sp³-hybridized carbons (Fsp3) is 0.500. The second kappa shape index (κ2) is 5.07. The van der Waals surface area contributed by atoms with Gasteiger partial charge in [-0.25, -0.2) is 4.98 Å². The van der Waals surface area contributed by atoms with Crippen LogP contribution in [0, 0.1) is 0 Å². The zero-order valence-electron chi connectivity index (χ0n) is 10.2. The molecule has 1 aliphatic rings. The first-order chi connectivity index (χ1) is 8.81. The molecule has 1 fully saturated rings. The van der Waals surface area contributed by atoms with E-state index in [1.807, 2.05) is 18.6 Å². The summed E-state index contributed by atoms with van der Waals surface area (Å²) in [5.74, 6) is 0.659. The molecule has 0 bridgehead atoms. The van der Waals surface area contributed by atoms with Gasteiger partial charge in [0.05, 0.1) is 6.20 Å². The molecule has 0 amide bonds. The summed E-state index contributed by atoms with van der Waals surface area (Å²) in [5, 5.41) is 7.59. The van der Waals surface area contributed by atoms with E-state index in [0.717, 1.165) is 19.6 Å². The van der Waals surface area contributed by atoms with Gasteiger partial charge in [0.1, 0.15) is 0 Å². The highest BCUT2D eigenvalue weighted by Gasteiger charge is 2.21. The molecule has 0 atom stereocenters. The molecule has 0 radical (unpaired) electrons. The number of hydrogen-bond acceptors (Lipinski definition) is 5. The molecule has 1 saturated heterocycles. The minimum Gasteiger partial charge on any atom is -0.375 e. The molecule has 2 aromatic heterocycles. The number of nitrogens with zero attached hydrogens (tertiary/aromatic N) is 3. The summed E-state index contributed by atoms with van der Waals surface area (Å²) in [5.41, 5.74) is 6.99. The fourth-order valence-electron chi connectivity index (χ4n) is 2.52. The highest BCUT2D eigenvalue weighted by molar-refractivity contribution is 7.15. The fourth-order valence-corrected chi connectivity index (χ4v) is 3.25. The van der Waals surface area contributed by atoms with Crippen molar-refractivity contribution in [1.29, 1.82) is 0 Å². The van der Waals surface area contributed by atoms with Gasteiger partial charge < -0.3 is 5.73 Å². The number of hydrogen-bond donors (Lipinski definition) is 2. The molecule has 2 aromatic rings. The van der Waals surface area contributed by atoms with Gasteiger partial charge in [-0.05, 0) is 37.4 Å². The van der Waals surface area contributed by atoms with Gasteiger partial charge in [-0.15, -0.1) is 11.3 Å².